The normalized spacial score (nSPS) is 23.7. The Kier molecular flexibility index (Phi) is 11.6. The van der Waals surface area contributed by atoms with Crippen molar-refractivity contribution in [1.29, 1.82) is 0 Å². The summed E-state index contributed by atoms with van der Waals surface area (Å²) in [4.78, 5) is 12.1. The van der Waals surface area contributed by atoms with E-state index in [9.17, 15) is 0 Å². The maximum Gasteiger partial charge on any atom is 0.135 e. The molecule has 3 heterocycles. The van der Waals surface area contributed by atoms with Crippen molar-refractivity contribution in [2.24, 2.45) is 10.9 Å². The van der Waals surface area contributed by atoms with E-state index in [0.717, 1.165) is 43.3 Å². The molecule has 5 heteroatoms. The van der Waals surface area contributed by atoms with E-state index in [1.807, 2.05) is 0 Å². The number of nitrogens with one attached hydrogen (secondary N) is 1. The van der Waals surface area contributed by atoms with Gasteiger partial charge in [-0.2, -0.15) is 0 Å². The van der Waals surface area contributed by atoms with E-state index in [2.05, 4.69) is 104 Å². The molecule has 41 heavy (non-hydrogen) atoms. The molecule has 1 N–H and O–H groups in total. The molecule has 4 aliphatic rings. The third-order valence-electron chi connectivity index (χ3n) is 8.56. The highest BCUT2D eigenvalue weighted by atomic mass is 15.3. The lowest BCUT2D eigenvalue weighted by atomic mass is 9.82. The highest BCUT2D eigenvalue weighted by Gasteiger charge is 2.26. The molecule has 224 valence electrons. The summed E-state index contributed by atoms with van der Waals surface area (Å²) < 4.78 is 0. The van der Waals surface area contributed by atoms with Crippen LogP contribution in [0.3, 0.4) is 0 Å². The van der Waals surface area contributed by atoms with Crippen LogP contribution in [0.2, 0.25) is 0 Å². The van der Waals surface area contributed by atoms with Crippen molar-refractivity contribution in [3.8, 4) is 0 Å². The Morgan fingerprint density at radius 3 is 2.54 bits per heavy atom. The lowest BCUT2D eigenvalue weighted by molar-refractivity contribution is 0.290. The van der Waals surface area contributed by atoms with E-state index in [-0.39, 0.29) is 0 Å². The molecule has 2 fully saturated rings. The van der Waals surface area contributed by atoms with Crippen LogP contribution in [0.15, 0.2) is 88.2 Å². The summed E-state index contributed by atoms with van der Waals surface area (Å²) in [6, 6.07) is 0.483. The Morgan fingerprint density at radius 1 is 1.07 bits per heavy atom. The quantitative estimate of drug-likeness (QED) is 0.194. The molecular weight excluding hydrogens is 502 g/mol. The molecule has 0 radical (unpaired) electrons. The number of unbranched alkanes of at least 4 members (excludes halogenated alkanes) is 1. The third kappa shape index (κ3) is 9.55. The van der Waals surface area contributed by atoms with Crippen LogP contribution < -0.4 is 5.32 Å². The Morgan fingerprint density at radius 2 is 1.83 bits per heavy atom. The second-order valence-corrected chi connectivity index (χ2v) is 12.9. The molecule has 0 atom stereocenters. The Labute approximate surface area is 250 Å². The molecule has 1 saturated heterocycles. The van der Waals surface area contributed by atoms with Gasteiger partial charge in [-0.3, -0.25) is 0 Å². The number of rotatable bonds is 12. The molecule has 0 unspecified atom stereocenters. The van der Waals surface area contributed by atoms with Gasteiger partial charge in [-0.05, 0) is 114 Å². The zero-order chi connectivity index (χ0) is 29.2. The van der Waals surface area contributed by atoms with Gasteiger partial charge >= 0.3 is 0 Å². The van der Waals surface area contributed by atoms with Crippen LogP contribution in [0.4, 0.5) is 0 Å². The molecule has 3 aliphatic heterocycles. The smallest absolute Gasteiger partial charge is 0.135 e. The van der Waals surface area contributed by atoms with Gasteiger partial charge < -0.3 is 20.0 Å². The molecule has 0 spiro atoms. The minimum absolute atomic E-state index is 0.483. The second kappa shape index (κ2) is 15.3. The SMILES string of the molecule is C=C1C=C(N[C@H]2CC[C@@H](CC(=C\N(C)C/C=C/CCC)/C=C(\C=C(C)C)N3CCCCC3)CC2)N=C2C=C(C)CN12. The maximum atomic E-state index is 4.89. The first-order valence-electron chi connectivity index (χ1n) is 16.2. The molecule has 0 aromatic carbocycles. The van der Waals surface area contributed by atoms with Gasteiger partial charge in [0.15, 0.2) is 0 Å². The van der Waals surface area contributed by atoms with Crippen molar-refractivity contribution >= 4 is 5.84 Å². The number of piperidine rings is 1. The molecule has 5 nitrogen and oxygen atoms in total. The highest BCUT2D eigenvalue weighted by molar-refractivity contribution is 5.99. The van der Waals surface area contributed by atoms with Gasteiger partial charge in [-0.25, -0.2) is 4.99 Å². The first-order valence-corrected chi connectivity index (χ1v) is 16.2. The number of likely N-dealkylation sites (N-methyl/N-ethyl adjacent to an activating group) is 1. The Bertz CT molecular complexity index is 1110. The monoisotopic (exact) mass is 557 g/mol. The summed E-state index contributed by atoms with van der Waals surface area (Å²) in [5.41, 5.74) is 6.62. The lowest BCUT2D eigenvalue weighted by Crippen LogP contribution is -2.35. The molecule has 4 rings (SSSR count). The van der Waals surface area contributed by atoms with E-state index < -0.39 is 0 Å². The number of hydrogen-bond donors (Lipinski definition) is 1. The zero-order valence-corrected chi connectivity index (χ0v) is 26.6. The summed E-state index contributed by atoms with van der Waals surface area (Å²) in [5, 5.41) is 3.75. The Hall–Kier alpha value is -2.95. The van der Waals surface area contributed by atoms with Crippen LogP contribution >= 0.6 is 0 Å². The first kappa shape index (κ1) is 31.0. The number of allylic oxidation sites excluding steroid dienone is 6. The van der Waals surface area contributed by atoms with Crippen molar-refractivity contribution < 1.29 is 0 Å². The van der Waals surface area contributed by atoms with Gasteiger partial charge in [0.1, 0.15) is 11.7 Å². The lowest BCUT2D eigenvalue weighted by Gasteiger charge is -2.33. The van der Waals surface area contributed by atoms with Crippen LogP contribution in [0, 0.1) is 5.92 Å². The van der Waals surface area contributed by atoms with Gasteiger partial charge in [-0.1, -0.05) is 37.6 Å². The molecule has 0 bridgehead atoms. The van der Waals surface area contributed by atoms with Crippen LogP contribution in [-0.4, -0.2) is 59.8 Å². The van der Waals surface area contributed by atoms with E-state index in [1.54, 1.807) is 0 Å². The van der Waals surface area contributed by atoms with Crippen molar-refractivity contribution in [3.63, 3.8) is 0 Å². The van der Waals surface area contributed by atoms with Gasteiger partial charge in [0.25, 0.3) is 0 Å². The van der Waals surface area contributed by atoms with Crippen LogP contribution in [0.5, 0.6) is 0 Å². The number of hydrogen-bond acceptors (Lipinski definition) is 5. The van der Waals surface area contributed by atoms with Gasteiger partial charge in [-0.15, -0.1) is 0 Å². The fourth-order valence-electron chi connectivity index (χ4n) is 6.41. The second-order valence-electron chi connectivity index (χ2n) is 12.9. The van der Waals surface area contributed by atoms with Crippen LogP contribution in [-0.2, 0) is 0 Å². The molecular formula is C36H55N5. The highest BCUT2D eigenvalue weighted by Crippen LogP contribution is 2.32. The fraction of sp³-hybridized carbons (Fsp3) is 0.583. The summed E-state index contributed by atoms with van der Waals surface area (Å²) in [6.45, 7) is 17.4. The number of amidine groups is 1. The number of aliphatic imine (C=N–C) groups is 1. The van der Waals surface area contributed by atoms with Crippen molar-refractivity contribution in [1.82, 2.24) is 20.0 Å². The number of nitrogens with zero attached hydrogens (tertiary/aromatic N) is 4. The van der Waals surface area contributed by atoms with E-state index in [1.165, 1.54) is 86.9 Å². The van der Waals surface area contributed by atoms with Crippen molar-refractivity contribution in [2.75, 3.05) is 33.2 Å². The van der Waals surface area contributed by atoms with Gasteiger partial charge in [0.2, 0.25) is 0 Å². The summed E-state index contributed by atoms with van der Waals surface area (Å²) in [7, 11) is 2.22. The van der Waals surface area contributed by atoms with Crippen molar-refractivity contribution in [3.05, 3.63) is 83.2 Å². The average Bonchev–Trinajstić information content (AvgIpc) is 3.33. The topological polar surface area (TPSA) is 34.1 Å². The predicted molar refractivity (Wildman–Crippen MR) is 176 cm³/mol. The predicted octanol–water partition coefficient (Wildman–Crippen LogP) is 8.06. The molecule has 0 aromatic heterocycles. The zero-order valence-electron chi connectivity index (χ0n) is 26.6. The summed E-state index contributed by atoms with van der Waals surface area (Å²) in [5.74, 6) is 2.72. The van der Waals surface area contributed by atoms with Crippen molar-refractivity contribution in [2.45, 2.75) is 97.9 Å². The molecule has 1 aliphatic carbocycles. The maximum absolute atomic E-state index is 4.89. The Balaban J connectivity index is 1.42. The number of likely N-dealkylation sites (tertiary alicyclic amines) is 1. The molecule has 0 amide bonds. The largest absolute Gasteiger partial charge is 0.376 e. The van der Waals surface area contributed by atoms with E-state index in [4.69, 9.17) is 4.99 Å². The molecule has 0 aromatic rings. The first-order chi connectivity index (χ1) is 19.8. The third-order valence-corrected chi connectivity index (χ3v) is 8.56. The summed E-state index contributed by atoms with van der Waals surface area (Å²) in [6.07, 6.45) is 28.6. The van der Waals surface area contributed by atoms with Crippen LogP contribution in [0.1, 0.15) is 91.9 Å². The van der Waals surface area contributed by atoms with Gasteiger partial charge in [0, 0.05) is 62.9 Å². The summed E-state index contributed by atoms with van der Waals surface area (Å²) >= 11 is 0. The van der Waals surface area contributed by atoms with Gasteiger partial charge in [0.05, 0.1) is 0 Å². The van der Waals surface area contributed by atoms with E-state index >= 15 is 0 Å². The fourth-order valence-corrected chi connectivity index (χ4v) is 6.41. The number of fused-ring (bicyclic) bond motifs is 1. The minimum Gasteiger partial charge on any atom is -0.376 e. The average molecular weight is 558 g/mol. The molecule has 1 saturated carbocycles. The van der Waals surface area contributed by atoms with E-state index in [0.29, 0.717) is 12.0 Å². The minimum atomic E-state index is 0.483. The van der Waals surface area contributed by atoms with Crippen LogP contribution in [0.25, 0.3) is 0 Å². The standard InChI is InChI=1S/C36H55N5/c1-7-8-9-11-18-39(6)27-32(25-34(21-28(2)3)40-19-12-10-13-20-40)24-31-14-16-33(17-15-31)37-35-23-30(5)41-26-29(4)22-36(41)38-35/h9,11,21-23,25,27,31,33,37H,5,7-8,10,12-20,24,26H2,1-4,6H3/b11-9+,32-27+,34-25+/t31-,33+.